The number of rotatable bonds is 6. The van der Waals surface area contributed by atoms with E-state index in [0.717, 1.165) is 6.42 Å². The first-order valence-corrected chi connectivity index (χ1v) is 7.29. The molecule has 0 saturated heterocycles. The Morgan fingerprint density at radius 3 is 2.70 bits per heavy atom. The second kappa shape index (κ2) is 7.89. The molecule has 0 saturated carbocycles. The summed E-state index contributed by atoms with van der Waals surface area (Å²) in [5.41, 5.74) is 0.355. The van der Waals surface area contributed by atoms with Gasteiger partial charge in [-0.15, -0.1) is 0 Å². The zero-order valence-electron chi connectivity index (χ0n) is 11.6. The van der Waals surface area contributed by atoms with Crippen LogP contribution < -0.4 is 10.6 Å². The molecule has 0 aliphatic heterocycles. The first kappa shape index (κ1) is 16.5. The number of hydrogen-bond acceptors (Lipinski definition) is 3. The third-order valence-corrected chi connectivity index (χ3v) is 3.54. The van der Waals surface area contributed by atoms with E-state index in [1.807, 2.05) is 13.8 Å². The van der Waals surface area contributed by atoms with Crippen molar-refractivity contribution in [3.63, 3.8) is 0 Å². The van der Waals surface area contributed by atoms with Crippen molar-refractivity contribution in [2.75, 3.05) is 6.54 Å². The van der Waals surface area contributed by atoms with Crippen LogP contribution in [-0.2, 0) is 4.79 Å². The van der Waals surface area contributed by atoms with E-state index >= 15 is 0 Å². The van der Waals surface area contributed by atoms with Crippen molar-refractivity contribution in [1.82, 2.24) is 10.6 Å². The Morgan fingerprint density at radius 2 is 2.10 bits per heavy atom. The highest BCUT2D eigenvalue weighted by molar-refractivity contribution is 9.10. The quantitative estimate of drug-likeness (QED) is 0.741. The maximum Gasteiger partial charge on any atom is 0.251 e. The SMILES string of the molecule is CCC(C)NC(=O)CCNC(=O)c1ccc(Br)c(O)c1. The molecule has 1 aromatic carbocycles. The van der Waals surface area contributed by atoms with E-state index in [1.54, 1.807) is 12.1 Å². The fourth-order valence-corrected chi connectivity index (χ4v) is 1.74. The number of aromatic hydroxyl groups is 1. The van der Waals surface area contributed by atoms with Crippen molar-refractivity contribution < 1.29 is 14.7 Å². The van der Waals surface area contributed by atoms with Crippen LogP contribution in [-0.4, -0.2) is 29.5 Å². The molecule has 1 aromatic rings. The van der Waals surface area contributed by atoms with Crippen LogP contribution in [0.4, 0.5) is 0 Å². The summed E-state index contributed by atoms with van der Waals surface area (Å²) in [5, 5.41) is 15.0. The second-order valence-electron chi connectivity index (χ2n) is 4.55. The minimum Gasteiger partial charge on any atom is -0.507 e. The average molecular weight is 343 g/mol. The van der Waals surface area contributed by atoms with Gasteiger partial charge in [0.15, 0.2) is 0 Å². The van der Waals surface area contributed by atoms with Crippen molar-refractivity contribution >= 4 is 27.7 Å². The van der Waals surface area contributed by atoms with E-state index in [1.165, 1.54) is 6.07 Å². The highest BCUT2D eigenvalue weighted by Gasteiger charge is 2.09. The van der Waals surface area contributed by atoms with E-state index in [9.17, 15) is 14.7 Å². The third-order valence-electron chi connectivity index (χ3n) is 2.87. The third kappa shape index (κ3) is 5.21. The fraction of sp³-hybridized carbons (Fsp3) is 0.429. The van der Waals surface area contributed by atoms with Gasteiger partial charge in [0.25, 0.3) is 5.91 Å². The molecule has 5 nitrogen and oxygen atoms in total. The Kier molecular flexibility index (Phi) is 6.51. The van der Waals surface area contributed by atoms with E-state index < -0.39 is 0 Å². The number of phenolic OH excluding ortho intramolecular Hbond substituents is 1. The lowest BCUT2D eigenvalue weighted by atomic mass is 10.2. The zero-order valence-corrected chi connectivity index (χ0v) is 13.2. The summed E-state index contributed by atoms with van der Waals surface area (Å²) >= 11 is 3.15. The van der Waals surface area contributed by atoms with Gasteiger partial charge in [0.2, 0.25) is 5.91 Å². The molecule has 0 fully saturated rings. The number of phenols is 1. The molecule has 0 radical (unpaired) electrons. The standard InChI is InChI=1S/C14H19BrN2O3/c1-3-9(2)17-13(19)6-7-16-14(20)10-4-5-11(15)12(18)8-10/h4-5,8-9,18H,3,6-7H2,1-2H3,(H,16,20)(H,17,19). The molecule has 2 amide bonds. The summed E-state index contributed by atoms with van der Waals surface area (Å²) in [6.45, 7) is 4.19. The van der Waals surface area contributed by atoms with Crippen LogP contribution in [0.1, 0.15) is 37.0 Å². The Hall–Kier alpha value is -1.56. The summed E-state index contributed by atoms with van der Waals surface area (Å²) in [4.78, 5) is 23.3. The molecule has 0 bridgehead atoms. The van der Waals surface area contributed by atoms with E-state index in [4.69, 9.17) is 0 Å². The molecule has 0 spiro atoms. The molecule has 0 aliphatic carbocycles. The van der Waals surface area contributed by atoms with Gasteiger partial charge in [-0.25, -0.2) is 0 Å². The Labute approximate surface area is 126 Å². The molecule has 1 rings (SSSR count). The molecule has 0 heterocycles. The largest absolute Gasteiger partial charge is 0.507 e. The van der Waals surface area contributed by atoms with Gasteiger partial charge in [-0.2, -0.15) is 0 Å². The summed E-state index contributed by atoms with van der Waals surface area (Å²) in [6, 6.07) is 4.71. The van der Waals surface area contributed by atoms with Gasteiger partial charge in [0.05, 0.1) is 4.47 Å². The lowest BCUT2D eigenvalue weighted by Gasteiger charge is -2.11. The number of nitrogens with one attached hydrogen (secondary N) is 2. The van der Waals surface area contributed by atoms with Crippen LogP contribution in [0, 0.1) is 0 Å². The molecule has 1 atom stereocenters. The molecule has 0 aromatic heterocycles. The number of halogens is 1. The minimum atomic E-state index is -0.316. The molecule has 3 N–H and O–H groups in total. The minimum absolute atomic E-state index is 0.00663. The summed E-state index contributed by atoms with van der Waals surface area (Å²) in [7, 11) is 0. The van der Waals surface area contributed by atoms with E-state index in [0.29, 0.717) is 10.0 Å². The van der Waals surface area contributed by atoms with Crippen LogP contribution >= 0.6 is 15.9 Å². The number of benzene rings is 1. The molecular weight excluding hydrogens is 324 g/mol. The van der Waals surface area contributed by atoms with Crippen LogP contribution in [0.25, 0.3) is 0 Å². The van der Waals surface area contributed by atoms with Crippen LogP contribution in [0.15, 0.2) is 22.7 Å². The van der Waals surface area contributed by atoms with E-state index in [2.05, 4.69) is 26.6 Å². The summed E-state index contributed by atoms with van der Waals surface area (Å²) in [6.07, 6.45) is 1.11. The monoisotopic (exact) mass is 342 g/mol. The lowest BCUT2D eigenvalue weighted by Crippen LogP contribution is -2.35. The molecular formula is C14H19BrN2O3. The maximum atomic E-state index is 11.8. The summed E-state index contributed by atoms with van der Waals surface area (Å²) < 4.78 is 0.530. The number of hydrogen-bond donors (Lipinski definition) is 3. The van der Waals surface area contributed by atoms with Crippen LogP contribution in [0.3, 0.4) is 0 Å². The second-order valence-corrected chi connectivity index (χ2v) is 5.40. The van der Waals surface area contributed by atoms with E-state index in [-0.39, 0.29) is 36.6 Å². The molecule has 20 heavy (non-hydrogen) atoms. The van der Waals surface area contributed by atoms with Gasteiger partial charge in [0.1, 0.15) is 5.75 Å². The normalized spacial score (nSPS) is 11.8. The van der Waals surface area contributed by atoms with Crippen molar-refractivity contribution in [2.45, 2.75) is 32.7 Å². The number of carbonyl (C=O) groups excluding carboxylic acids is 2. The van der Waals surface area contributed by atoms with Crippen molar-refractivity contribution in [3.05, 3.63) is 28.2 Å². The summed E-state index contributed by atoms with van der Waals surface area (Å²) in [5.74, 6) is -0.394. The number of carbonyl (C=O) groups is 2. The topological polar surface area (TPSA) is 78.4 Å². The maximum absolute atomic E-state index is 11.8. The molecule has 1 unspecified atom stereocenters. The Bertz CT molecular complexity index is 491. The smallest absolute Gasteiger partial charge is 0.251 e. The predicted octanol–water partition coefficient (Wildman–Crippen LogP) is 2.19. The fourth-order valence-electron chi connectivity index (χ4n) is 1.49. The highest BCUT2D eigenvalue weighted by atomic mass is 79.9. The van der Waals surface area contributed by atoms with Crippen molar-refractivity contribution in [3.8, 4) is 5.75 Å². The van der Waals surface area contributed by atoms with Crippen molar-refractivity contribution in [1.29, 1.82) is 0 Å². The Balaban J connectivity index is 2.40. The van der Waals surface area contributed by atoms with Crippen molar-refractivity contribution in [2.24, 2.45) is 0 Å². The first-order valence-electron chi connectivity index (χ1n) is 6.50. The van der Waals surface area contributed by atoms with Crippen LogP contribution in [0.5, 0.6) is 5.75 Å². The molecule has 6 heteroatoms. The first-order chi connectivity index (χ1) is 9.43. The number of amides is 2. The predicted molar refractivity (Wildman–Crippen MR) is 80.7 cm³/mol. The zero-order chi connectivity index (χ0) is 15.1. The Morgan fingerprint density at radius 1 is 1.40 bits per heavy atom. The molecule has 110 valence electrons. The molecule has 0 aliphatic rings. The van der Waals surface area contributed by atoms with Gasteiger partial charge < -0.3 is 15.7 Å². The van der Waals surface area contributed by atoms with Gasteiger partial charge in [-0.05, 0) is 47.5 Å². The van der Waals surface area contributed by atoms with Gasteiger partial charge >= 0.3 is 0 Å². The van der Waals surface area contributed by atoms with Crippen LogP contribution in [0.2, 0.25) is 0 Å². The van der Waals surface area contributed by atoms with Gasteiger partial charge in [-0.3, -0.25) is 9.59 Å². The lowest BCUT2D eigenvalue weighted by molar-refractivity contribution is -0.121. The van der Waals surface area contributed by atoms with Gasteiger partial charge in [-0.1, -0.05) is 6.92 Å². The highest BCUT2D eigenvalue weighted by Crippen LogP contribution is 2.24. The van der Waals surface area contributed by atoms with Gasteiger partial charge in [0, 0.05) is 24.6 Å². The average Bonchev–Trinajstić information content (AvgIpc) is 2.41.